The Kier molecular flexibility index (Phi) is 5.11. The molecule has 1 rings (SSSR count). The second-order valence-corrected chi connectivity index (χ2v) is 4.47. The Balaban J connectivity index is 2.38. The standard InChI is InChI=1S/C11H13BrN2O3/c12-8-3-1-7(2-4-8)6-14-10(15)5-9(13)11(16)17/h1-4,9H,5-6,13H2,(H,14,15)(H,16,17). The van der Waals surface area contributed by atoms with E-state index in [-0.39, 0.29) is 12.3 Å². The van der Waals surface area contributed by atoms with E-state index in [0.717, 1.165) is 10.0 Å². The molecule has 1 aromatic carbocycles. The molecular weight excluding hydrogens is 288 g/mol. The first kappa shape index (κ1) is 13.7. The number of hydrogen-bond acceptors (Lipinski definition) is 3. The summed E-state index contributed by atoms with van der Waals surface area (Å²) in [4.78, 5) is 21.8. The van der Waals surface area contributed by atoms with Crippen molar-refractivity contribution in [3.05, 3.63) is 34.3 Å². The lowest BCUT2D eigenvalue weighted by molar-refractivity contribution is -0.140. The van der Waals surface area contributed by atoms with Crippen molar-refractivity contribution >= 4 is 27.8 Å². The summed E-state index contributed by atoms with van der Waals surface area (Å²) >= 11 is 3.31. The van der Waals surface area contributed by atoms with Crippen molar-refractivity contribution in [2.24, 2.45) is 5.73 Å². The van der Waals surface area contributed by atoms with Crippen LogP contribution in [0.15, 0.2) is 28.7 Å². The van der Waals surface area contributed by atoms with Crippen LogP contribution in [0.2, 0.25) is 0 Å². The van der Waals surface area contributed by atoms with Crippen LogP contribution in [0.1, 0.15) is 12.0 Å². The van der Waals surface area contributed by atoms with Crippen LogP contribution in [-0.4, -0.2) is 23.0 Å². The molecule has 0 saturated carbocycles. The normalized spacial score (nSPS) is 11.9. The summed E-state index contributed by atoms with van der Waals surface area (Å²) in [6.07, 6.45) is -0.216. The van der Waals surface area contributed by atoms with E-state index in [1.54, 1.807) is 0 Å². The van der Waals surface area contributed by atoms with Crippen molar-refractivity contribution in [3.63, 3.8) is 0 Å². The van der Waals surface area contributed by atoms with Crippen LogP contribution in [0.5, 0.6) is 0 Å². The average molecular weight is 301 g/mol. The van der Waals surface area contributed by atoms with Crippen LogP contribution >= 0.6 is 15.9 Å². The predicted molar refractivity (Wildman–Crippen MR) is 66.2 cm³/mol. The molecule has 0 fully saturated rings. The number of benzene rings is 1. The van der Waals surface area contributed by atoms with Gasteiger partial charge in [0.25, 0.3) is 0 Å². The first-order valence-corrected chi connectivity index (χ1v) is 5.78. The zero-order valence-electron chi connectivity index (χ0n) is 9.02. The molecule has 0 aliphatic heterocycles. The van der Waals surface area contributed by atoms with Crippen molar-refractivity contribution in [1.82, 2.24) is 5.32 Å². The largest absolute Gasteiger partial charge is 0.480 e. The number of nitrogens with one attached hydrogen (secondary N) is 1. The Labute approximate surface area is 107 Å². The summed E-state index contributed by atoms with van der Waals surface area (Å²) in [5.74, 6) is -1.55. The highest BCUT2D eigenvalue weighted by molar-refractivity contribution is 9.10. The number of carbonyl (C=O) groups is 2. The van der Waals surface area contributed by atoms with E-state index in [9.17, 15) is 9.59 Å². The molecule has 1 atom stereocenters. The number of carboxylic acids is 1. The average Bonchev–Trinajstić information content (AvgIpc) is 2.28. The zero-order valence-corrected chi connectivity index (χ0v) is 10.6. The fourth-order valence-corrected chi connectivity index (χ4v) is 1.43. The monoisotopic (exact) mass is 300 g/mol. The molecule has 0 bridgehead atoms. The van der Waals surface area contributed by atoms with E-state index in [1.165, 1.54) is 0 Å². The number of rotatable bonds is 5. The lowest BCUT2D eigenvalue weighted by Crippen LogP contribution is -2.36. The molecule has 1 aromatic rings. The van der Waals surface area contributed by atoms with Gasteiger partial charge in [-0.1, -0.05) is 28.1 Å². The summed E-state index contributed by atoms with van der Waals surface area (Å²) in [7, 11) is 0. The van der Waals surface area contributed by atoms with E-state index in [2.05, 4.69) is 21.2 Å². The number of aliphatic carboxylic acids is 1. The molecule has 17 heavy (non-hydrogen) atoms. The second kappa shape index (κ2) is 6.36. The van der Waals surface area contributed by atoms with Crippen LogP contribution < -0.4 is 11.1 Å². The highest BCUT2D eigenvalue weighted by Crippen LogP contribution is 2.10. The third kappa shape index (κ3) is 4.97. The van der Waals surface area contributed by atoms with Gasteiger partial charge in [0.15, 0.2) is 0 Å². The van der Waals surface area contributed by atoms with E-state index in [0.29, 0.717) is 6.54 Å². The molecule has 1 amide bonds. The van der Waals surface area contributed by atoms with Gasteiger partial charge >= 0.3 is 5.97 Å². The number of hydrogen-bond donors (Lipinski definition) is 3. The Morgan fingerprint density at radius 3 is 2.47 bits per heavy atom. The highest BCUT2D eigenvalue weighted by atomic mass is 79.9. The minimum absolute atomic E-state index is 0.216. The van der Waals surface area contributed by atoms with Gasteiger partial charge in [-0.3, -0.25) is 9.59 Å². The summed E-state index contributed by atoms with van der Waals surface area (Å²) in [6, 6.07) is 6.30. The van der Waals surface area contributed by atoms with Gasteiger partial charge < -0.3 is 16.2 Å². The fourth-order valence-electron chi connectivity index (χ4n) is 1.16. The smallest absolute Gasteiger partial charge is 0.321 e. The Morgan fingerprint density at radius 2 is 1.94 bits per heavy atom. The van der Waals surface area contributed by atoms with E-state index < -0.39 is 12.0 Å². The Bertz CT molecular complexity index is 406. The van der Waals surface area contributed by atoms with Crippen LogP contribution in [0.3, 0.4) is 0 Å². The minimum atomic E-state index is -1.18. The maximum Gasteiger partial charge on any atom is 0.321 e. The van der Waals surface area contributed by atoms with Gasteiger partial charge in [-0.05, 0) is 17.7 Å². The highest BCUT2D eigenvalue weighted by Gasteiger charge is 2.15. The van der Waals surface area contributed by atoms with Crippen molar-refractivity contribution in [3.8, 4) is 0 Å². The lowest BCUT2D eigenvalue weighted by Gasteiger charge is -2.07. The Hall–Kier alpha value is -1.40. The predicted octanol–water partition coefficient (Wildman–Crippen LogP) is 0.867. The molecular formula is C11H13BrN2O3. The van der Waals surface area contributed by atoms with Gasteiger partial charge in [-0.2, -0.15) is 0 Å². The topological polar surface area (TPSA) is 92.4 Å². The van der Waals surface area contributed by atoms with Gasteiger partial charge in [0.2, 0.25) is 5.91 Å². The summed E-state index contributed by atoms with van der Waals surface area (Å²) in [6.45, 7) is 0.360. The Morgan fingerprint density at radius 1 is 1.35 bits per heavy atom. The molecule has 0 aliphatic carbocycles. The molecule has 0 heterocycles. The van der Waals surface area contributed by atoms with Crippen LogP contribution in [0.4, 0.5) is 0 Å². The molecule has 6 heteroatoms. The molecule has 0 aliphatic rings. The zero-order chi connectivity index (χ0) is 12.8. The van der Waals surface area contributed by atoms with Gasteiger partial charge in [-0.25, -0.2) is 0 Å². The van der Waals surface area contributed by atoms with Crippen LogP contribution in [0.25, 0.3) is 0 Å². The van der Waals surface area contributed by atoms with Gasteiger partial charge in [-0.15, -0.1) is 0 Å². The number of carbonyl (C=O) groups excluding carboxylic acids is 1. The van der Waals surface area contributed by atoms with Gasteiger partial charge in [0.1, 0.15) is 6.04 Å². The quantitative estimate of drug-likeness (QED) is 0.752. The van der Waals surface area contributed by atoms with E-state index in [4.69, 9.17) is 10.8 Å². The SMILES string of the molecule is NC(CC(=O)NCc1ccc(Br)cc1)C(=O)O. The van der Waals surface area contributed by atoms with Crippen LogP contribution in [0, 0.1) is 0 Å². The number of carboxylic acid groups (broad SMARTS) is 1. The molecule has 1 unspecified atom stereocenters. The van der Waals surface area contributed by atoms with E-state index in [1.807, 2.05) is 24.3 Å². The van der Waals surface area contributed by atoms with Gasteiger partial charge in [0.05, 0.1) is 6.42 Å². The van der Waals surface area contributed by atoms with E-state index >= 15 is 0 Å². The molecule has 92 valence electrons. The molecule has 4 N–H and O–H groups in total. The summed E-state index contributed by atoms with van der Waals surface area (Å²) in [5, 5.41) is 11.1. The molecule has 0 saturated heterocycles. The van der Waals surface area contributed by atoms with Crippen molar-refractivity contribution in [2.45, 2.75) is 19.0 Å². The minimum Gasteiger partial charge on any atom is -0.480 e. The summed E-state index contributed by atoms with van der Waals surface area (Å²) in [5.41, 5.74) is 6.18. The molecule has 0 aromatic heterocycles. The first-order chi connectivity index (χ1) is 7.99. The maximum absolute atomic E-state index is 11.3. The van der Waals surface area contributed by atoms with Gasteiger partial charge in [0, 0.05) is 11.0 Å². The third-order valence-electron chi connectivity index (χ3n) is 2.13. The van der Waals surface area contributed by atoms with Crippen molar-refractivity contribution in [2.75, 3.05) is 0 Å². The third-order valence-corrected chi connectivity index (χ3v) is 2.65. The number of halogens is 1. The van der Waals surface area contributed by atoms with Crippen molar-refractivity contribution in [1.29, 1.82) is 0 Å². The molecule has 0 spiro atoms. The molecule has 5 nitrogen and oxygen atoms in total. The fraction of sp³-hybridized carbons (Fsp3) is 0.273. The van der Waals surface area contributed by atoms with Crippen molar-refractivity contribution < 1.29 is 14.7 Å². The van der Waals surface area contributed by atoms with Crippen LogP contribution in [-0.2, 0) is 16.1 Å². The number of nitrogens with two attached hydrogens (primary N) is 1. The molecule has 0 radical (unpaired) electrons. The second-order valence-electron chi connectivity index (χ2n) is 3.55. The summed E-state index contributed by atoms with van der Waals surface area (Å²) < 4.78 is 0.959. The number of amides is 1. The maximum atomic E-state index is 11.3. The first-order valence-electron chi connectivity index (χ1n) is 4.98. The lowest BCUT2D eigenvalue weighted by atomic mass is 10.2.